The Morgan fingerprint density at radius 3 is 2.85 bits per heavy atom. The lowest BCUT2D eigenvalue weighted by Crippen LogP contribution is -2.40. The first-order valence-electron chi connectivity index (χ1n) is 6.92. The SMILES string of the molecule is CCC1=Nc2cc(-c3ccccc3)nn2C2=NCCN12. The van der Waals surface area contributed by atoms with Gasteiger partial charge in [0.15, 0.2) is 5.82 Å². The average molecular weight is 265 g/mol. The van der Waals surface area contributed by atoms with E-state index in [2.05, 4.69) is 34.0 Å². The summed E-state index contributed by atoms with van der Waals surface area (Å²) in [4.78, 5) is 11.4. The maximum Gasteiger partial charge on any atom is 0.229 e. The van der Waals surface area contributed by atoms with Crippen molar-refractivity contribution in [3.05, 3.63) is 36.4 Å². The number of aliphatic imine (C=N–C) groups is 2. The van der Waals surface area contributed by atoms with Crippen molar-refractivity contribution in [1.82, 2.24) is 14.7 Å². The minimum atomic E-state index is 0.814. The molecule has 5 heteroatoms. The number of hydrogen-bond acceptors (Lipinski definition) is 4. The van der Waals surface area contributed by atoms with Gasteiger partial charge in [0.2, 0.25) is 5.96 Å². The summed E-state index contributed by atoms with van der Waals surface area (Å²) in [6, 6.07) is 12.2. The van der Waals surface area contributed by atoms with Gasteiger partial charge in [0.25, 0.3) is 0 Å². The molecule has 0 saturated carbocycles. The molecule has 0 fully saturated rings. The lowest BCUT2D eigenvalue weighted by atomic mass is 10.2. The first-order chi connectivity index (χ1) is 9.86. The highest BCUT2D eigenvalue weighted by atomic mass is 15.5. The molecule has 0 amide bonds. The molecule has 2 aliphatic rings. The Bertz CT molecular complexity index is 711. The summed E-state index contributed by atoms with van der Waals surface area (Å²) in [5.41, 5.74) is 2.05. The molecule has 0 atom stereocenters. The number of amidine groups is 1. The summed E-state index contributed by atoms with van der Waals surface area (Å²) < 4.78 is 1.86. The van der Waals surface area contributed by atoms with Gasteiger partial charge in [-0.25, -0.2) is 9.98 Å². The Morgan fingerprint density at radius 1 is 1.20 bits per heavy atom. The first-order valence-corrected chi connectivity index (χ1v) is 6.92. The fourth-order valence-corrected chi connectivity index (χ4v) is 2.67. The van der Waals surface area contributed by atoms with Crippen molar-refractivity contribution in [3.8, 4) is 11.3 Å². The van der Waals surface area contributed by atoms with Gasteiger partial charge < -0.3 is 0 Å². The van der Waals surface area contributed by atoms with Gasteiger partial charge in [-0.05, 0) is 0 Å². The van der Waals surface area contributed by atoms with Crippen LogP contribution in [0.25, 0.3) is 11.3 Å². The molecule has 100 valence electrons. The van der Waals surface area contributed by atoms with E-state index in [0.717, 1.165) is 48.4 Å². The third kappa shape index (κ3) is 1.59. The number of benzene rings is 1. The lowest BCUT2D eigenvalue weighted by molar-refractivity contribution is 0.609. The Labute approximate surface area is 117 Å². The zero-order valence-electron chi connectivity index (χ0n) is 11.3. The van der Waals surface area contributed by atoms with Gasteiger partial charge in [-0.15, -0.1) is 0 Å². The van der Waals surface area contributed by atoms with Crippen LogP contribution in [0.5, 0.6) is 0 Å². The quantitative estimate of drug-likeness (QED) is 0.837. The smallest absolute Gasteiger partial charge is 0.229 e. The Hall–Kier alpha value is -2.43. The molecule has 1 aromatic carbocycles. The van der Waals surface area contributed by atoms with Gasteiger partial charge in [0.05, 0.1) is 12.2 Å². The minimum absolute atomic E-state index is 0.814. The van der Waals surface area contributed by atoms with Crippen molar-refractivity contribution in [2.45, 2.75) is 13.3 Å². The van der Waals surface area contributed by atoms with Gasteiger partial charge >= 0.3 is 0 Å². The molecule has 3 heterocycles. The van der Waals surface area contributed by atoms with E-state index in [-0.39, 0.29) is 0 Å². The topological polar surface area (TPSA) is 45.8 Å². The molecule has 2 aliphatic heterocycles. The average Bonchev–Trinajstić information content (AvgIpc) is 3.13. The molecule has 0 radical (unpaired) electrons. The minimum Gasteiger partial charge on any atom is -0.297 e. The van der Waals surface area contributed by atoms with Crippen LogP contribution in [0.4, 0.5) is 5.82 Å². The van der Waals surface area contributed by atoms with E-state index < -0.39 is 0 Å². The van der Waals surface area contributed by atoms with Crippen LogP contribution in [0.3, 0.4) is 0 Å². The van der Waals surface area contributed by atoms with Crippen molar-refractivity contribution in [3.63, 3.8) is 0 Å². The number of nitrogens with zero attached hydrogens (tertiary/aromatic N) is 5. The van der Waals surface area contributed by atoms with Crippen molar-refractivity contribution < 1.29 is 0 Å². The van der Waals surface area contributed by atoms with Crippen LogP contribution in [0.1, 0.15) is 13.3 Å². The molecule has 2 aromatic rings. The van der Waals surface area contributed by atoms with Crippen LogP contribution in [0.15, 0.2) is 46.4 Å². The lowest BCUT2D eigenvalue weighted by Gasteiger charge is -2.25. The van der Waals surface area contributed by atoms with Crippen LogP contribution in [0, 0.1) is 0 Å². The van der Waals surface area contributed by atoms with E-state index in [4.69, 9.17) is 4.99 Å². The Morgan fingerprint density at radius 2 is 2.05 bits per heavy atom. The van der Waals surface area contributed by atoms with Crippen molar-refractivity contribution in [2.75, 3.05) is 13.1 Å². The summed E-state index contributed by atoms with van der Waals surface area (Å²) in [5, 5.41) is 4.67. The summed E-state index contributed by atoms with van der Waals surface area (Å²) in [7, 11) is 0. The molecule has 0 bridgehead atoms. The van der Waals surface area contributed by atoms with E-state index in [1.54, 1.807) is 0 Å². The molecule has 0 saturated heterocycles. The van der Waals surface area contributed by atoms with Gasteiger partial charge in [-0.3, -0.25) is 4.90 Å². The fraction of sp³-hybridized carbons (Fsp3) is 0.267. The molecular weight excluding hydrogens is 250 g/mol. The van der Waals surface area contributed by atoms with Crippen LogP contribution in [-0.4, -0.2) is 39.6 Å². The highest BCUT2D eigenvalue weighted by molar-refractivity contribution is 6.05. The number of fused-ring (bicyclic) bond motifs is 3. The number of aromatic nitrogens is 2. The second-order valence-electron chi connectivity index (χ2n) is 4.88. The molecule has 0 aliphatic carbocycles. The zero-order chi connectivity index (χ0) is 13.5. The molecule has 1 aromatic heterocycles. The summed E-state index contributed by atoms with van der Waals surface area (Å²) in [6.45, 7) is 3.84. The molecule has 4 rings (SSSR count). The normalized spacial score (nSPS) is 16.6. The van der Waals surface area contributed by atoms with Gasteiger partial charge in [0.1, 0.15) is 5.84 Å². The highest BCUT2D eigenvalue weighted by Gasteiger charge is 2.29. The third-order valence-electron chi connectivity index (χ3n) is 3.64. The zero-order valence-corrected chi connectivity index (χ0v) is 11.3. The number of rotatable bonds is 2. The van der Waals surface area contributed by atoms with E-state index in [1.807, 2.05) is 28.9 Å². The predicted octanol–water partition coefficient (Wildman–Crippen LogP) is 2.52. The molecule has 5 nitrogen and oxygen atoms in total. The summed E-state index contributed by atoms with van der Waals surface area (Å²) in [6.07, 6.45) is 0.908. The Kier molecular flexibility index (Phi) is 2.45. The van der Waals surface area contributed by atoms with E-state index in [1.165, 1.54) is 0 Å². The maximum atomic E-state index is 4.71. The highest BCUT2D eigenvalue weighted by Crippen LogP contribution is 2.28. The van der Waals surface area contributed by atoms with E-state index in [0.29, 0.717) is 0 Å². The largest absolute Gasteiger partial charge is 0.297 e. The van der Waals surface area contributed by atoms with Crippen molar-refractivity contribution in [2.24, 2.45) is 9.98 Å². The molecule has 0 spiro atoms. The molecular formula is C15H15N5. The predicted molar refractivity (Wildman–Crippen MR) is 79.5 cm³/mol. The summed E-state index contributed by atoms with van der Waals surface area (Å²) >= 11 is 0. The van der Waals surface area contributed by atoms with Crippen LogP contribution < -0.4 is 0 Å². The van der Waals surface area contributed by atoms with Crippen molar-refractivity contribution >= 4 is 17.6 Å². The van der Waals surface area contributed by atoms with Gasteiger partial charge in [-0.2, -0.15) is 9.78 Å². The standard InChI is InChI=1S/C15H15N5/c1-2-13-17-14-10-12(11-6-4-3-5-7-11)18-20(14)15-16-8-9-19(13)15/h3-7,10H,2,8-9H2,1H3. The second-order valence-corrected chi connectivity index (χ2v) is 4.88. The fourth-order valence-electron chi connectivity index (χ4n) is 2.67. The summed E-state index contributed by atoms with van der Waals surface area (Å²) in [5.74, 6) is 2.86. The monoisotopic (exact) mass is 265 g/mol. The van der Waals surface area contributed by atoms with E-state index >= 15 is 0 Å². The van der Waals surface area contributed by atoms with Crippen LogP contribution in [0.2, 0.25) is 0 Å². The molecule has 0 N–H and O–H groups in total. The van der Waals surface area contributed by atoms with Crippen LogP contribution >= 0.6 is 0 Å². The molecule has 0 unspecified atom stereocenters. The first kappa shape index (κ1) is 11.4. The van der Waals surface area contributed by atoms with Crippen molar-refractivity contribution in [1.29, 1.82) is 0 Å². The van der Waals surface area contributed by atoms with Gasteiger partial charge in [0, 0.05) is 24.6 Å². The Balaban J connectivity index is 1.86. The van der Waals surface area contributed by atoms with Crippen LogP contribution in [-0.2, 0) is 0 Å². The van der Waals surface area contributed by atoms with E-state index in [9.17, 15) is 0 Å². The second kappa shape index (κ2) is 4.30. The third-order valence-corrected chi connectivity index (χ3v) is 3.64. The van der Waals surface area contributed by atoms with Gasteiger partial charge in [-0.1, -0.05) is 37.3 Å². The number of hydrogen-bond donors (Lipinski definition) is 0. The maximum absolute atomic E-state index is 4.71. The molecule has 20 heavy (non-hydrogen) atoms.